The van der Waals surface area contributed by atoms with E-state index in [1.54, 1.807) is 0 Å². The maximum atomic E-state index is 10.9. The molecular weight excluding hydrogens is 252 g/mol. The molecule has 112 valence electrons. The third-order valence-corrected chi connectivity index (χ3v) is 2.39. The van der Waals surface area contributed by atoms with Crippen LogP contribution in [0.5, 0.6) is 0 Å². The molecule has 0 atom stereocenters. The van der Waals surface area contributed by atoms with Gasteiger partial charge in [-0.3, -0.25) is 10.1 Å². The highest BCUT2D eigenvalue weighted by Crippen LogP contribution is 2.38. The van der Waals surface area contributed by atoms with E-state index in [-0.39, 0.29) is 23.7 Å². The molecule has 0 bridgehead atoms. The summed E-state index contributed by atoms with van der Waals surface area (Å²) in [5, 5.41) is 20.7. The topological polar surface area (TPSA) is 95.5 Å². The fraction of sp³-hybridized carbons (Fsp3) is 1.00. The van der Waals surface area contributed by atoms with E-state index < -0.39 is 22.2 Å². The maximum absolute atomic E-state index is 10.9. The first kappa shape index (κ1) is 17.6. The second-order valence-corrected chi connectivity index (χ2v) is 7.46. The van der Waals surface area contributed by atoms with Crippen LogP contribution in [-0.2, 0) is 4.84 Å². The SMILES string of the molecule is CC(C)(C)CC(C[N+](=O)[O-])(CC(C)(C)C)O[N+](=O)[O-]. The van der Waals surface area contributed by atoms with E-state index in [4.69, 9.17) is 4.84 Å². The van der Waals surface area contributed by atoms with Gasteiger partial charge in [-0.1, -0.05) is 41.5 Å². The van der Waals surface area contributed by atoms with Gasteiger partial charge in [0.2, 0.25) is 6.54 Å². The summed E-state index contributed by atoms with van der Waals surface area (Å²) in [4.78, 5) is 25.8. The Morgan fingerprint density at radius 1 is 0.895 bits per heavy atom. The summed E-state index contributed by atoms with van der Waals surface area (Å²) >= 11 is 0. The van der Waals surface area contributed by atoms with Crippen molar-refractivity contribution in [3.05, 3.63) is 20.2 Å². The summed E-state index contributed by atoms with van der Waals surface area (Å²) < 4.78 is 0. The minimum absolute atomic E-state index is 0.249. The average molecular weight is 276 g/mol. The van der Waals surface area contributed by atoms with Crippen LogP contribution < -0.4 is 0 Å². The van der Waals surface area contributed by atoms with Gasteiger partial charge in [0.1, 0.15) is 0 Å². The van der Waals surface area contributed by atoms with E-state index in [0.717, 1.165) is 0 Å². The molecule has 0 amide bonds. The van der Waals surface area contributed by atoms with Gasteiger partial charge in [0.25, 0.3) is 5.09 Å². The van der Waals surface area contributed by atoms with Crippen LogP contribution in [0.1, 0.15) is 54.4 Å². The standard InChI is InChI=1S/C12H24N2O5/c1-10(2,3)7-12(9-13(15)16,19-14(17)18)8-11(4,5)6/h7-9H2,1-6H3. The van der Waals surface area contributed by atoms with Crippen molar-refractivity contribution in [1.82, 2.24) is 0 Å². The lowest BCUT2D eigenvalue weighted by Gasteiger charge is -2.37. The van der Waals surface area contributed by atoms with Crippen LogP contribution in [0.25, 0.3) is 0 Å². The third-order valence-electron chi connectivity index (χ3n) is 2.39. The summed E-state index contributed by atoms with van der Waals surface area (Å²) in [6.07, 6.45) is 0.498. The highest BCUT2D eigenvalue weighted by molar-refractivity contribution is 4.88. The molecular formula is C12H24N2O5. The molecule has 0 aliphatic rings. The molecule has 0 radical (unpaired) electrons. The number of rotatable bonds is 6. The summed E-state index contributed by atoms with van der Waals surface area (Å²) in [7, 11) is 0. The Hall–Kier alpha value is -1.40. The van der Waals surface area contributed by atoms with Crippen LogP contribution in [0.4, 0.5) is 0 Å². The first-order chi connectivity index (χ1) is 8.25. The summed E-state index contributed by atoms with van der Waals surface area (Å²) in [5.74, 6) is 0. The third kappa shape index (κ3) is 8.34. The van der Waals surface area contributed by atoms with Crippen LogP contribution >= 0.6 is 0 Å². The van der Waals surface area contributed by atoms with Crippen LogP contribution in [0, 0.1) is 31.1 Å². The second kappa shape index (κ2) is 5.71. The molecule has 0 aromatic carbocycles. The van der Waals surface area contributed by atoms with Gasteiger partial charge in [0.15, 0.2) is 5.60 Å². The Morgan fingerprint density at radius 2 is 1.26 bits per heavy atom. The molecule has 0 aromatic rings. The maximum Gasteiger partial charge on any atom is 0.295 e. The molecule has 7 nitrogen and oxygen atoms in total. The van der Waals surface area contributed by atoms with Crippen molar-refractivity contribution in [1.29, 1.82) is 0 Å². The molecule has 0 N–H and O–H groups in total. The first-order valence-corrected chi connectivity index (χ1v) is 6.20. The van der Waals surface area contributed by atoms with Crippen LogP contribution in [0.3, 0.4) is 0 Å². The molecule has 0 rings (SSSR count). The lowest BCUT2D eigenvalue weighted by molar-refractivity contribution is -0.790. The lowest BCUT2D eigenvalue weighted by Crippen LogP contribution is -2.47. The molecule has 0 aliphatic heterocycles. The summed E-state index contributed by atoms with van der Waals surface area (Å²) in [6, 6.07) is 0. The normalized spacial score (nSPS) is 13.2. The van der Waals surface area contributed by atoms with Crippen LogP contribution in [0.15, 0.2) is 0 Å². The van der Waals surface area contributed by atoms with E-state index in [0.29, 0.717) is 0 Å². The molecule has 0 aliphatic carbocycles. The molecule has 0 aromatic heterocycles. The molecule has 0 heterocycles. The van der Waals surface area contributed by atoms with E-state index in [9.17, 15) is 20.2 Å². The molecule has 0 unspecified atom stereocenters. The van der Waals surface area contributed by atoms with Gasteiger partial charge in [0.05, 0.1) is 0 Å². The zero-order valence-corrected chi connectivity index (χ0v) is 12.6. The Balaban J connectivity index is 5.43. The Morgan fingerprint density at radius 3 is 1.47 bits per heavy atom. The summed E-state index contributed by atoms with van der Waals surface area (Å²) in [5.41, 5.74) is -2.00. The van der Waals surface area contributed by atoms with E-state index in [1.807, 2.05) is 41.5 Å². The van der Waals surface area contributed by atoms with Crippen molar-refractivity contribution in [2.45, 2.75) is 60.0 Å². The number of nitro groups is 1. The van der Waals surface area contributed by atoms with Crippen molar-refractivity contribution in [3.63, 3.8) is 0 Å². The minimum Gasteiger partial charge on any atom is -0.300 e. The van der Waals surface area contributed by atoms with Gasteiger partial charge in [0, 0.05) is 4.92 Å². The minimum atomic E-state index is -1.39. The number of hydrogen-bond acceptors (Lipinski definition) is 5. The predicted octanol–water partition coefficient (Wildman–Crippen LogP) is 3.08. The molecule has 7 heteroatoms. The fourth-order valence-corrected chi connectivity index (χ4v) is 2.59. The quantitative estimate of drug-likeness (QED) is 0.548. The average Bonchev–Trinajstić information content (AvgIpc) is 1.89. The Kier molecular flexibility index (Phi) is 5.29. The van der Waals surface area contributed by atoms with Crippen LogP contribution in [-0.4, -0.2) is 22.2 Å². The number of hydrogen-bond donors (Lipinski definition) is 0. The van der Waals surface area contributed by atoms with Gasteiger partial charge in [-0.25, -0.2) is 0 Å². The largest absolute Gasteiger partial charge is 0.300 e. The molecule has 0 saturated carbocycles. The van der Waals surface area contributed by atoms with Gasteiger partial charge in [-0.2, -0.15) is 0 Å². The van der Waals surface area contributed by atoms with Gasteiger partial charge in [-0.05, 0) is 23.7 Å². The fourth-order valence-electron chi connectivity index (χ4n) is 2.59. The van der Waals surface area contributed by atoms with Crippen LogP contribution in [0.2, 0.25) is 0 Å². The van der Waals surface area contributed by atoms with Gasteiger partial charge >= 0.3 is 0 Å². The zero-order chi connectivity index (χ0) is 15.5. The second-order valence-electron chi connectivity index (χ2n) is 7.46. The van der Waals surface area contributed by atoms with Gasteiger partial charge in [-0.15, -0.1) is 10.1 Å². The first-order valence-electron chi connectivity index (χ1n) is 6.20. The summed E-state index contributed by atoms with van der Waals surface area (Å²) in [6.45, 7) is 10.7. The molecule has 0 fully saturated rings. The van der Waals surface area contributed by atoms with Crippen molar-refractivity contribution >= 4 is 0 Å². The number of nitrogens with zero attached hydrogens (tertiary/aromatic N) is 2. The van der Waals surface area contributed by atoms with E-state index >= 15 is 0 Å². The van der Waals surface area contributed by atoms with Gasteiger partial charge < -0.3 is 4.84 Å². The van der Waals surface area contributed by atoms with Crippen molar-refractivity contribution < 1.29 is 14.8 Å². The highest BCUT2D eigenvalue weighted by Gasteiger charge is 2.45. The van der Waals surface area contributed by atoms with E-state index in [2.05, 4.69) is 0 Å². The predicted molar refractivity (Wildman–Crippen MR) is 70.8 cm³/mol. The molecule has 0 spiro atoms. The van der Waals surface area contributed by atoms with Crippen molar-refractivity contribution in [2.75, 3.05) is 6.54 Å². The Bertz CT molecular complexity index is 307. The van der Waals surface area contributed by atoms with Crippen molar-refractivity contribution in [2.24, 2.45) is 10.8 Å². The monoisotopic (exact) mass is 276 g/mol. The molecule has 19 heavy (non-hydrogen) atoms. The van der Waals surface area contributed by atoms with E-state index in [1.165, 1.54) is 0 Å². The zero-order valence-electron chi connectivity index (χ0n) is 12.6. The Labute approximate surface area is 113 Å². The smallest absolute Gasteiger partial charge is 0.295 e. The highest BCUT2D eigenvalue weighted by atomic mass is 17.0. The lowest BCUT2D eigenvalue weighted by atomic mass is 9.74. The van der Waals surface area contributed by atoms with Crippen molar-refractivity contribution in [3.8, 4) is 0 Å². The molecule has 0 saturated heterocycles.